The lowest BCUT2D eigenvalue weighted by atomic mass is 9.52. The van der Waals surface area contributed by atoms with E-state index in [1.165, 1.54) is 71.3 Å². The average Bonchev–Trinajstić information content (AvgIpc) is 1.71. The van der Waals surface area contributed by atoms with E-state index < -0.39 is 88.6 Å². The smallest absolute Gasteiger partial charge is 0.344 e. The van der Waals surface area contributed by atoms with Crippen molar-refractivity contribution in [2.45, 2.75) is 344 Å². The third-order valence-corrected chi connectivity index (χ3v) is 26.1. The van der Waals surface area contributed by atoms with Gasteiger partial charge in [0.25, 0.3) is 0 Å². The minimum atomic E-state index is -0.717. The average molecular weight is 1370 g/mol. The molecule has 13 fully saturated rings. The summed E-state index contributed by atoms with van der Waals surface area (Å²) >= 11 is 0. The first kappa shape index (κ1) is 77.9. The van der Waals surface area contributed by atoms with Gasteiger partial charge in [-0.3, -0.25) is 38.4 Å². The maximum Gasteiger partial charge on any atom is 0.344 e. The van der Waals surface area contributed by atoms with Gasteiger partial charge in [0.15, 0.2) is 18.8 Å². The summed E-state index contributed by atoms with van der Waals surface area (Å²) in [7, 11) is 1.27. The quantitative estimate of drug-likeness (QED) is 0.0930. The number of aliphatic hydroxyl groups is 1. The van der Waals surface area contributed by atoms with E-state index in [0.717, 1.165) is 70.6 Å². The molecule has 1 spiro atoms. The topological polar surface area (TPSA) is 266 Å². The Hall–Kier alpha value is -4.85. The number of ether oxygens (including phenoxy) is 10. The van der Waals surface area contributed by atoms with Crippen molar-refractivity contribution in [3.8, 4) is 0 Å². The van der Waals surface area contributed by atoms with Gasteiger partial charge in [-0.2, -0.15) is 0 Å². The zero-order chi connectivity index (χ0) is 71.9. The van der Waals surface area contributed by atoms with Gasteiger partial charge in [0, 0.05) is 23.7 Å². The van der Waals surface area contributed by atoms with Gasteiger partial charge < -0.3 is 52.5 Å². The fourth-order valence-electron chi connectivity index (χ4n) is 17.8. The number of methoxy groups -OCH3 is 1. The number of carbonyl (C=O) groups excluding carboxylic acids is 9. The summed E-state index contributed by atoms with van der Waals surface area (Å²) in [6.45, 7) is 32.8. The van der Waals surface area contributed by atoms with Crippen LogP contribution >= 0.6 is 0 Å². The van der Waals surface area contributed by atoms with Crippen LogP contribution in [0.25, 0.3) is 0 Å². The fourth-order valence-corrected chi connectivity index (χ4v) is 17.8. The molecule has 0 aromatic heterocycles. The summed E-state index contributed by atoms with van der Waals surface area (Å²) in [6.07, 6.45) is 23.6. The molecule has 4 heterocycles. The standard InChI is InChI=1S/C18H24O8.C17H30O2.C16H26O3.C13H18O5.C13H24O2/c1-5-18(2,3)17(22)24-7-10(19)25-13-8-6-9-12(11(8)15(20)23-4)16(21)26-14(9)13;1-5-15(2,3)14(18)19-16(4)10-6-7-11-17(16)12-8-9-13-17;1-4-14(2,3)13(17)19-16-8-11-5-12(9-16)7-15(18,6-11)10-16;1-4-13(2,3)12(15)18-9-7-5-6-8(16-7)10(9)17-11(6)14;1-5-12(3,4)11(14)15-13(6-2)9-7-8-10-13/h8-9,11-14H,5-7H2,1-4H3;5-13H2,1-4H3;11-12,18H,4-10H2,1-3H3;6-10H,4-5H2,1-3H3;5-10H2,1-4H3. The van der Waals surface area contributed by atoms with Gasteiger partial charge in [-0.1, -0.05) is 60.8 Å². The lowest BCUT2D eigenvalue weighted by Crippen LogP contribution is -2.61. The second-order valence-electron chi connectivity index (χ2n) is 34.7. The predicted molar refractivity (Wildman–Crippen MR) is 358 cm³/mol. The van der Waals surface area contributed by atoms with Crippen molar-refractivity contribution in [2.75, 3.05) is 13.7 Å². The molecule has 0 radical (unpaired) electrons. The Morgan fingerprint density at radius 2 is 1.01 bits per heavy atom. The van der Waals surface area contributed by atoms with Gasteiger partial charge >= 0.3 is 53.7 Å². The van der Waals surface area contributed by atoms with Crippen LogP contribution in [0.15, 0.2) is 0 Å². The van der Waals surface area contributed by atoms with E-state index in [4.69, 9.17) is 47.4 Å². The molecule has 13 aliphatic rings. The Labute approximate surface area is 578 Å². The van der Waals surface area contributed by atoms with E-state index in [1.54, 1.807) is 13.8 Å². The highest BCUT2D eigenvalue weighted by molar-refractivity contribution is 5.87. The van der Waals surface area contributed by atoms with Crippen molar-refractivity contribution in [1.29, 1.82) is 0 Å². The molecule has 8 bridgehead atoms. The van der Waals surface area contributed by atoms with Crippen LogP contribution in [0.5, 0.6) is 0 Å². The number of hydrogen-bond donors (Lipinski definition) is 1. The second-order valence-corrected chi connectivity index (χ2v) is 34.7. The third-order valence-electron chi connectivity index (χ3n) is 26.1. The maximum absolute atomic E-state index is 12.5. The molecule has 1 N–H and O–H groups in total. The van der Waals surface area contributed by atoms with Crippen molar-refractivity contribution in [2.24, 2.45) is 73.9 Å². The molecule has 4 aliphatic heterocycles. The van der Waals surface area contributed by atoms with Crippen molar-refractivity contribution >= 4 is 53.7 Å². The Balaban J connectivity index is 0.000000157. The molecule has 97 heavy (non-hydrogen) atoms. The summed E-state index contributed by atoms with van der Waals surface area (Å²) in [6, 6.07) is 0. The Morgan fingerprint density at radius 1 is 0.526 bits per heavy atom. The molecule has 0 aromatic rings. The predicted octanol–water partition coefficient (Wildman–Crippen LogP) is 13.5. The van der Waals surface area contributed by atoms with E-state index in [9.17, 15) is 48.3 Å². The van der Waals surface area contributed by atoms with Gasteiger partial charge in [-0.25, -0.2) is 4.79 Å². The highest BCUT2D eigenvalue weighted by Crippen LogP contribution is 2.61. The molecule has 14 atom stereocenters. The second kappa shape index (κ2) is 29.6. The van der Waals surface area contributed by atoms with Gasteiger partial charge in [0.05, 0.1) is 63.6 Å². The minimum Gasteiger partial charge on any atom is -0.469 e. The Bertz CT molecular complexity index is 2860. The van der Waals surface area contributed by atoms with Crippen LogP contribution in [0.2, 0.25) is 0 Å². The lowest BCUT2D eigenvalue weighted by Gasteiger charge is -2.59. The van der Waals surface area contributed by atoms with Crippen LogP contribution in [-0.4, -0.2) is 132 Å². The number of fused-ring (bicyclic) bond motifs is 2. The molecular weight excluding hydrogens is 1240 g/mol. The van der Waals surface area contributed by atoms with Crippen molar-refractivity contribution in [3.63, 3.8) is 0 Å². The summed E-state index contributed by atoms with van der Waals surface area (Å²) in [5, 5.41) is 10.6. The van der Waals surface area contributed by atoms with Gasteiger partial charge in [0.2, 0.25) is 0 Å². The zero-order valence-corrected chi connectivity index (χ0v) is 62.3. The van der Waals surface area contributed by atoms with Crippen LogP contribution in [0.1, 0.15) is 285 Å². The molecule has 20 nitrogen and oxygen atoms in total. The molecule has 13 rings (SSSR count). The minimum absolute atomic E-state index is 0.00525. The molecule has 9 aliphatic carbocycles. The fraction of sp³-hybridized carbons (Fsp3) is 0.883. The summed E-state index contributed by atoms with van der Waals surface area (Å²) in [5.74, 6) is -3.34. The van der Waals surface area contributed by atoms with E-state index in [-0.39, 0.29) is 92.9 Å². The van der Waals surface area contributed by atoms with E-state index in [0.29, 0.717) is 43.9 Å². The first-order chi connectivity index (χ1) is 45.2. The summed E-state index contributed by atoms with van der Waals surface area (Å²) in [4.78, 5) is 109. The largest absolute Gasteiger partial charge is 0.469 e. The molecule has 20 heteroatoms. The zero-order valence-electron chi connectivity index (χ0n) is 62.3. The molecule has 14 unspecified atom stereocenters. The van der Waals surface area contributed by atoms with Crippen molar-refractivity contribution in [3.05, 3.63) is 0 Å². The van der Waals surface area contributed by atoms with E-state index >= 15 is 0 Å². The lowest BCUT2D eigenvalue weighted by molar-refractivity contribution is -0.225. The number of hydrogen-bond acceptors (Lipinski definition) is 20. The first-order valence-corrected chi connectivity index (χ1v) is 37.4. The maximum atomic E-state index is 12.5. The molecule has 550 valence electrons. The molecule has 4 saturated heterocycles. The van der Waals surface area contributed by atoms with E-state index in [2.05, 4.69) is 20.8 Å². The van der Waals surface area contributed by atoms with Crippen LogP contribution in [0, 0.1) is 73.9 Å². The van der Waals surface area contributed by atoms with Crippen LogP contribution in [0.4, 0.5) is 0 Å². The van der Waals surface area contributed by atoms with Gasteiger partial charge in [-0.05, 0) is 229 Å². The Kier molecular flexibility index (Phi) is 23.8. The summed E-state index contributed by atoms with van der Waals surface area (Å²) < 4.78 is 55.0. The SMILES string of the molecule is CCC(C)(C)C(=O)OC1(C)CCCCC12CCCC2.CCC(C)(C)C(=O)OC12CC3CC(CC(O)(C3)C1)C2.CCC(C)(C)C(=O)OC1C2CC3C(=O)OC1C3O2.CCC(C)(C)C(=O)OCC(=O)OC1C2CC3C1OC(=O)C3C2C(=O)OC.CCC1(OC(=O)C(C)(C)CC)CCCC1. The number of rotatable bonds is 19. The van der Waals surface area contributed by atoms with Crippen LogP contribution < -0.4 is 0 Å². The van der Waals surface area contributed by atoms with Gasteiger partial charge in [-0.15, -0.1) is 0 Å². The monoisotopic (exact) mass is 1370 g/mol. The third kappa shape index (κ3) is 16.2. The Morgan fingerprint density at radius 3 is 1.53 bits per heavy atom. The van der Waals surface area contributed by atoms with Gasteiger partial charge in [0.1, 0.15) is 35.1 Å². The highest BCUT2D eigenvalue weighted by atomic mass is 16.7. The first-order valence-electron chi connectivity index (χ1n) is 37.4. The van der Waals surface area contributed by atoms with E-state index in [1.807, 2.05) is 83.1 Å². The van der Waals surface area contributed by atoms with Crippen molar-refractivity contribution < 1.29 is 95.6 Å². The molecule has 0 amide bonds. The molecule has 0 aromatic carbocycles. The van der Waals surface area contributed by atoms with Crippen LogP contribution in [0.3, 0.4) is 0 Å². The van der Waals surface area contributed by atoms with Crippen LogP contribution in [-0.2, 0) is 90.5 Å². The normalized spacial score (nSPS) is 34.6. The van der Waals surface area contributed by atoms with Crippen molar-refractivity contribution in [1.82, 2.24) is 0 Å². The number of esters is 9. The summed E-state index contributed by atoms with van der Waals surface area (Å²) in [5.41, 5.74) is -3.26. The number of carbonyl (C=O) groups is 9. The highest BCUT2D eigenvalue weighted by Gasteiger charge is 2.71. The molecule has 9 saturated carbocycles. The molecular formula is C77H122O20.